The summed E-state index contributed by atoms with van der Waals surface area (Å²) in [5, 5.41) is 4.06. The van der Waals surface area contributed by atoms with E-state index in [0.29, 0.717) is 40.6 Å². The van der Waals surface area contributed by atoms with Crippen molar-refractivity contribution in [2.45, 2.75) is 19.8 Å². The van der Waals surface area contributed by atoms with Crippen LogP contribution in [0, 0.1) is 5.82 Å². The highest BCUT2D eigenvalue weighted by atomic mass is 31.2. The van der Waals surface area contributed by atoms with Gasteiger partial charge in [0.2, 0.25) is 12.6 Å². The summed E-state index contributed by atoms with van der Waals surface area (Å²) < 4.78 is 41.2. The number of nitrogens with zero attached hydrogens (tertiary/aromatic N) is 3. The minimum Gasteiger partial charge on any atom is -0.473 e. The molecule has 3 heterocycles. The van der Waals surface area contributed by atoms with Crippen LogP contribution in [-0.2, 0) is 28.8 Å². The second kappa shape index (κ2) is 10.1. The smallest absolute Gasteiger partial charge is 0.472 e. The van der Waals surface area contributed by atoms with Crippen molar-refractivity contribution < 1.29 is 37.1 Å². The lowest BCUT2D eigenvalue weighted by atomic mass is 10.1. The summed E-state index contributed by atoms with van der Waals surface area (Å²) in [5.41, 5.74) is 8.55. The molecule has 12 heteroatoms. The maximum Gasteiger partial charge on any atom is 0.472 e. The lowest BCUT2D eigenvalue weighted by Gasteiger charge is -2.07. The number of halogens is 1. The number of pyridine rings is 2. The molecule has 4 N–H and O–H groups in total. The van der Waals surface area contributed by atoms with Crippen molar-refractivity contribution in [1.82, 2.24) is 10.1 Å². The Bertz CT molecular complexity index is 1340. The first-order valence-electron chi connectivity index (χ1n) is 10.0. The van der Waals surface area contributed by atoms with E-state index in [4.69, 9.17) is 24.8 Å². The molecule has 0 aliphatic carbocycles. The summed E-state index contributed by atoms with van der Waals surface area (Å²) in [6.45, 7) is -0.251. The van der Waals surface area contributed by atoms with Gasteiger partial charge in [0, 0.05) is 18.6 Å². The standard InChI is InChI=1S/C22H20FN4O6P/c23-16-5-1-4-15(10-16)13-31-21-8-2-6-17(25-21)11-18-12-20(33-26-18)19-7-3-9-27(22(19)24)14-32-34(28,29)30/h1-10,12,24H,11,13-14H2,(H2,28,29,30)/p+1. The molecule has 0 aliphatic rings. The van der Waals surface area contributed by atoms with Gasteiger partial charge in [0.1, 0.15) is 18.0 Å². The second-order valence-corrected chi connectivity index (χ2v) is 8.51. The van der Waals surface area contributed by atoms with E-state index in [9.17, 15) is 8.96 Å². The number of benzene rings is 1. The van der Waals surface area contributed by atoms with Crippen LogP contribution in [0.2, 0.25) is 0 Å². The zero-order valence-corrected chi connectivity index (χ0v) is 18.6. The van der Waals surface area contributed by atoms with Crippen LogP contribution < -0.4 is 15.0 Å². The second-order valence-electron chi connectivity index (χ2n) is 7.27. The van der Waals surface area contributed by atoms with Crippen LogP contribution in [-0.4, -0.2) is 19.9 Å². The molecule has 34 heavy (non-hydrogen) atoms. The van der Waals surface area contributed by atoms with Gasteiger partial charge in [-0.2, -0.15) is 0 Å². The summed E-state index contributed by atoms with van der Waals surface area (Å²) in [6.07, 6.45) is 1.87. The molecule has 1 aromatic carbocycles. The average molecular weight is 487 g/mol. The molecule has 0 saturated carbocycles. The lowest BCUT2D eigenvalue weighted by molar-refractivity contribution is -0.711. The molecular formula is C22H21FN4O6P+. The Morgan fingerprint density at radius 3 is 2.71 bits per heavy atom. The minimum absolute atomic E-state index is 0.182. The van der Waals surface area contributed by atoms with E-state index in [-0.39, 0.29) is 18.2 Å². The number of hydrogen-bond donors (Lipinski definition) is 3. The number of aromatic nitrogens is 3. The predicted octanol–water partition coefficient (Wildman–Crippen LogP) is 2.98. The van der Waals surface area contributed by atoms with Crippen LogP contribution >= 0.6 is 7.82 Å². The maximum atomic E-state index is 13.3. The Balaban J connectivity index is 1.44. The molecule has 0 radical (unpaired) electrons. The number of nitrogens with two attached hydrogens (primary N) is 1. The van der Waals surface area contributed by atoms with E-state index in [0.717, 1.165) is 0 Å². The van der Waals surface area contributed by atoms with Gasteiger partial charge in [-0.3, -0.25) is 5.73 Å². The van der Waals surface area contributed by atoms with Gasteiger partial charge in [0.15, 0.2) is 5.76 Å². The predicted molar refractivity (Wildman–Crippen MR) is 117 cm³/mol. The van der Waals surface area contributed by atoms with Crippen molar-refractivity contribution in [1.29, 1.82) is 0 Å². The van der Waals surface area contributed by atoms with E-state index in [2.05, 4.69) is 14.7 Å². The number of anilines is 1. The summed E-state index contributed by atoms with van der Waals surface area (Å²) in [7, 11) is -4.65. The zero-order valence-electron chi connectivity index (χ0n) is 17.7. The number of phosphoric ester groups is 1. The Hall–Kier alpha value is -3.63. The normalized spacial score (nSPS) is 11.5. The van der Waals surface area contributed by atoms with Crippen molar-refractivity contribution in [2.75, 3.05) is 5.73 Å². The Morgan fingerprint density at radius 2 is 1.91 bits per heavy atom. The first-order valence-corrected chi connectivity index (χ1v) is 11.6. The number of rotatable bonds is 9. The third-order valence-electron chi connectivity index (χ3n) is 4.72. The van der Waals surface area contributed by atoms with Crippen LogP contribution in [0.4, 0.5) is 10.2 Å². The van der Waals surface area contributed by atoms with Crippen LogP contribution in [0.5, 0.6) is 5.88 Å². The van der Waals surface area contributed by atoms with Gasteiger partial charge in [-0.05, 0) is 35.9 Å². The molecule has 4 rings (SSSR count). The first kappa shape index (κ1) is 23.5. The number of hydrogen-bond acceptors (Lipinski definition) is 7. The molecule has 0 aliphatic heterocycles. The molecule has 4 aromatic rings. The molecule has 0 amide bonds. The van der Waals surface area contributed by atoms with Crippen LogP contribution in [0.25, 0.3) is 11.3 Å². The minimum atomic E-state index is -4.65. The molecule has 0 unspecified atom stereocenters. The highest BCUT2D eigenvalue weighted by Gasteiger charge is 2.20. The fourth-order valence-electron chi connectivity index (χ4n) is 3.15. The molecular weight excluding hydrogens is 466 g/mol. The largest absolute Gasteiger partial charge is 0.473 e. The van der Waals surface area contributed by atoms with Crippen molar-refractivity contribution in [3.05, 3.63) is 89.6 Å². The van der Waals surface area contributed by atoms with E-state index < -0.39 is 14.6 Å². The number of phosphoric acid groups is 1. The zero-order chi connectivity index (χ0) is 24.1. The maximum absolute atomic E-state index is 13.3. The lowest BCUT2D eigenvalue weighted by Crippen LogP contribution is -2.38. The summed E-state index contributed by atoms with van der Waals surface area (Å²) in [6, 6.07) is 16.5. The Morgan fingerprint density at radius 1 is 1.09 bits per heavy atom. The fraction of sp³-hybridized carbons (Fsp3) is 0.136. The molecule has 0 fully saturated rings. The molecule has 0 atom stereocenters. The fourth-order valence-corrected chi connectivity index (χ4v) is 3.42. The third kappa shape index (κ3) is 6.24. The molecule has 176 valence electrons. The van der Waals surface area contributed by atoms with E-state index in [1.165, 1.54) is 22.9 Å². The quantitative estimate of drug-likeness (QED) is 0.240. The van der Waals surface area contributed by atoms with Crippen LogP contribution in [0.1, 0.15) is 17.0 Å². The van der Waals surface area contributed by atoms with Crippen LogP contribution in [0.3, 0.4) is 0 Å². The SMILES string of the molecule is Nc1c(-c2cc(Cc3cccc(OCc4cccc(F)c4)n3)no2)ccc[n+]1COP(=O)(O)O. The summed E-state index contributed by atoms with van der Waals surface area (Å²) >= 11 is 0. The summed E-state index contributed by atoms with van der Waals surface area (Å²) in [4.78, 5) is 22.2. The molecule has 0 spiro atoms. The van der Waals surface area contributed by atoms with Crippen molar-refractivity contribution in [3.63, 3.8) is 0 Å². The van der Waals surface area contributed by atoms with Gasteiger partial charge in [-0.1, -0.05) is 23.4 Å². The highest BCUT2D eigenvalue weighted by molar-refractivity contribution is 7.46. The van der Waals surface area contributed by atoms with Gasteiger partial charge in [-0.25, -0.2) is 23.0 Å². The number of ether oxygens (including phenoxy) is 1. The van der Waals surface area contributed by atoms with Crippen molar-refractivity contribution in [2.24, 2.45) is 0 Å². The molecule has 10 nitrogen and oxygen atoms in total. The van der Waals surface area contributed by atoms with Gasteiger partial charge in [-0.15, -0.1) is 0 Å². The number of nitrogen functional groups attached to an aromatic ring is 1. The Kier molecular flexibility index (Phi) is 6.99. The van der Waals surface area contributed by atoms with Gasteiger partial charge >= 0.3 is 7.82 Å². The molecule has 0 bridgehead atoms. The van der Waals surface area contributed by atoms with Gasteiger partial charge in [0.05, 0.1) is 17.6 Å². The molecule has 3 aromatic heterocycles. The van der Waals surface area contributed by atoms with Gasteiger partial charge in [0.25, 0.3) is 5.82 Å². The van der Waals surface area contributed by atoms with Crippen molar-refractivity contribution in [3.8, 4) is 17.2 Å². The van der Waals surface area contributed by atoms with E-state index in [1.807, 2.05) is 6.07 Å². The topological polar surface area (TPSA) is 145 Å². The van der Waals surface area contributed by atoms with Gasteiger partial charge < -0.3 is 19.0 Å². The van der Waals surface area contributed by atoms with Crippen molar-refractivity contribution >= 4 is 13.6 Å². The first-order chi connectivity index (χ1) is 16.3. The third-order valence-corrected chi connectivity index (χ3v) is 5.17. The van der Waals surface area contributed by atoms with Crippen LogP contribution in [0.15, 0.2) is 71.4 Å². The average Bonchev–Trinajstić information content (AvgIpc) is 3.25. The van der Waals surface area contributed by atoms with E-state index >= 15 is 0 Å². The monoisotopic (exact) mass is 487 g/mol. The highest BCUT2D eigenvalue weighted by Crippen LogP contribution is 2.35. The Labute approximate surface area is 193 Å². The molecule has 0 saturated heterocycles. The summed E-state index contributed by atoms with van der Waals surface area (Å²) in [5.74, 6) is 0.619. The van der Waals surface area contributed by atoms with E-state index in [1.54, 1.807) is 42.5 Å².